The summed E-state index contributed by atoms with van der Waals surface area (Å²) in [6, 6.07) is 12.3. The van der Waals surface area contributed by atoms with Gasteiger partial charge in [0.2, 0.25) is 0 Å². The quantitative estimate of drug-likeness (QED) is 0.436. The standard InChI is InChI=1S/C22H24N2O2S/c1-4-14-24(15-5-2)18-9-6-17(7-10-18)8-11-19-12-13-20(27-19)16-21(23-3)22(25)26/h6-13,16H,4-5,14-15H2,1-2H3,(H,25,26)/b11-8+,21-16-. The number of benzene rings is 1. The molecule has 2 rings (SSSR count). The Morgan fingerprint density at radius 2 is 1.70 bits per heavy atom. The summed E-state index contributed by atoms with van der Waals surface area (Å²) in [7, 11) is 0. The van der Waals surface area contributed by atoms with Crippen LogP contribution in [0.3, 0.4) is 0 Å². The van der Waals surface area contributed by atoms with Crippen molar-refractivity contribution in [2.75, 3.05) is 18.0 Å². The molecule has 4 nitrogen and oxygen atoms in total. The first-order valence-electron chi connectivity index (χ1n) is 9.02. The van der Waals surface area contributed by atoms with Crippen molar-refractivity contribution in [3.8, 4) is 0 Å². The third kappa shape index (κ3) is 6.12. The van der Waals surface area contributed by atoms with Gasteiger partial charge in [0.1, 0.15) is 0 Å². The fraction of sp³-hybridized carbons (Fsp3) is 0.273. The van der Waals surface area contributed by atoms with Crippen LogP contribution in [0.2, 0.25) is 0 Å². The number of hydrogen-bond acceptors (Lipinski definition) is 3. The van der Waals surface area contributed by atoms with Crippen LogP contribution in [0.5, 0.6) is 0 Å². The van der Waals surface area contributed by atoms with E-state index in [0.717, 1.165) is 41.2 Å². The van der Waals surface area contributed by atoms with Gasteiger partial charge in [-0.3, -0.25) is 4.79 Å². The molecular formula is C22H24N2O2S. The summed E-state index contributed by atoms with van der Waals surface area (Å²) in [6.07, 6.45) is 7.72. The molecule has 0 aliphatic heterocycles. The summed E-state index contributed by atoms with van der Waals surface area (Å²) in [5, 5.41) is 8.93. The molecule has 0 radical (unpaired) electrons. The number of anilines is 1. The van der Waals surface area contributed by atoms with Gasteiger partial charge >= 0.3 is 5.97 Å². The van der Waals surface area contributed by atoms with E-state index in [0.29, 0.717) is 0 Å². The summed E-state index contributed by atoms with van der Waals surface area (Å²) < 4.78 is 0. The maximum atomic E-state index is 10.9. The summed E-state index contributed by atoms with van der Waals surface area (Å²) >= 11 is 1.46. The molecule has 0 aliphatic carbocycles. The van der Waals surface area contributed by atoms with Crippen LogP contribution >= 0.6 is 11.3 Å². The van der Waals surface area contributed by atoms with Crippen LogP contribution in [0.4, 0.5) is 5.69 Å². The first-order valence-corrected chi connectivity index (χ1v) is 9.84. The van der Waals surface area contributed by atoms with Crippen LogP contribution in [0.15, 0.2) is 42.1 Å². The fourth-order valence-electron chi connectivity index (χ4n) is 2.70. The zero-order valence-electron chi connectivity index (χ0n) is 15.7. The topological polar surface area (TPSA) is 44.9 Å². The highest BCUT2D eigenvalue weighted by Crippen LogP contribution is 2.23. The second-order valence-electron chi connectivity index (χ2n) is 6.10. The minimum Gasteiger partial charge on any atom is -0.486 e. The van der Waals surface area contributed by atoms with Gasteiger partial charge in [-0.05, 0) is 54.8 Å². The molecule has 0 saturated heterocycles. The van der Waals surface area contributed by atoms with Crippen molar-refractivity contribution >= 4 is 41.2 Å². The lowest BCUT2D eigenvalue weighted by molar-refractivity contribution is -0.132. The first-order chi connectivity index (χ1) is 13.1. The molecule has 0 amide bonds. The van der Waals surface area contributed by atoms with Crippen molar-refractivity contribution in [1.82, 2.24) is 0 Å². The summed E-state index contributed by atoms with van der Waals surface area (Å²) in [4.78, 5) is 18.1. The fourth-order valence-corrected chi connectivity index (χ4v) is 3.55. The van der Waals surface area contributed by atoms with E-state index in [9.17, 15) is 4.79 Å². The Morgan fingerprint density at radius 1 is 1.07 bits per heavy atom. The molecule has 0 spiro atoms. The molecule has 0 bridgehead atoms. The maximum Gasteiger partial charge on any atom is 0.333 e. The number of aliphatic carboxylic acids is 1. The summed E-state index contributed by atoms with van der Waals surface area (Å²) in [5.41, 5.74) is 2.09. The lowest BCUT2D eigenvalue weighted by Gasteiger charge is -2.23. The van der Waals surface area contributed by atoms with E-state index in [1.54, 1.807) is 0 Å². The van der Waals surface area contributed by atoms with Gasteiger partial charge in [0.25, 0.3) is 5.70 Å². The number of carboxylic acids is 1. The Morgan fingerprint density at radius 3 is 2.26 bits per heavy atom. The van der Waals surface area contributed by atoms with Gasteiger partial charge in [-0.15, -0.1) is 11.3 Å². The Kier molecular flexibility index (Phi) is 7.84. The van der Waals surface area contributed by atoms with E-state index in [1.807, 2.05) is 24.3 Å². The Hall–Kier alpha value is -2.84. The van der Waals surface area contributed by atoms with Gasteiger partial charge in [0, 0.05) is 28.5 Å². The zero-order valence-corrected chi connectivity index (χ0v) is 16.5. The van der Waals surface area contributed by atoms with Gasteiger partial charge in [0.15, 0.2) is 0 Å². The molecular weight excluding hydrogens is 356 g/mol. The van der Waals surface area contributed by atoms with Crippen molar-refractivity contribution in [3.63, 3.8) is 0 Å². The number of nitrogens with zero attached hydrogens (tertiary/aromatic N) is 2. The van der Waals surface area contributed by atoms with Gasteiger partial charge in [-0.2, -0.15) is 0 Å². The largest absolute Gasteiger partial charge is 0.486 e. The Labute approximate surface area is 164 Å². The van der Waals surface area contributed by atoms with Gasteiger partial charge in [-0.25, -0.2) is 4.85 Å². The number of carboxylic acid groups (broad SMARTS) is 1. The normalized spacial score (nSPS) is 11.5. The van der Waals surface area contributed by atoms with Crippen molar-refractivity contribution in [1.29, 1.82) is 0 Å². The minimum absolute atomic E-state index is 0.272. The number of hydrogen-bond donors (Lipinski definition) is 1. The molecule has 140 valence electrons. The SMILES string of the molecule is [C-]#[N+]/C(=C\c1ccc(/C=C/c2ccc(N(CCC)CCC)cc2)s1)C(=O)O. The lowest BCUT2D eigenvalue weighted by Crippen LogP contribution is -2.24. The van der Waals surface area contributed by atoms with E-state index in [1.165, 1.54) is 23.1 Å². The summed E-state index contributed by atoms with van der Waals surface area (Å²) in [5.74, 6) is -1.20. The predicted octanol–water partition coefficient (Wildman–Crippen LogP) is 5.89. The molecule has 1 heterocycles. The summed E-state index contributed by atoms with van der Waals surface area (Å²) in [6.45, 7) is 13.4. The van der Waals surface area contributed by atoms with Crippen molar-refractivity contribution in [2.24, 2.45) is 0 Å². The second-order valence-corrected chi connectivity index (χ2v) is 7.25. The first kappa shape index (κ1) is 20.5. The van der Waals surface area contributed by atoms with Gasteiger partial charge < -0.3 is 10.0 Å². The van der Waals surface area contributed by atoms with Crippen molar-refractivity contribution in [3.05, 3.63) is 68.8 Å². The highest BCUT2D eigenvalue weighted by atomic mass is 32.1. The predicted molar refractivity (Wildman–Crippen MR) is 115 cm³/mol. The molecule has 0 unspecified atom stereocenters. The molecule has 0 aliphatic rings. The van der Waals surface area contributed by atoms with Crippen LogP contribution in [-0.2, 0) is 4.79 Å². The van der Waals surface area contributed by atoms with Gasteiger partial charge in [0.05, 0.1) is 6.57 Å². The Bertz CT molecular complexity index is 851. The average molecular weight is 381 g/mol. The number of thiophene rings is 1. The van der Waals surface area contributed by atoms with Crippen LogP contribution in [0.25, 0.3) is 23.1 Å². The number of rotatable bonds is 9. The van der Waals surface area contributed by atoms with Crippen LogP contribution in [0, 0.1) is 6.57 Å². The molecule has 27 heavy (non-hydrogen) atoms. The van der Waals surface area contributed by atoms with Crippen molar-refractivity contribution in [2.45, 2.75) is 26.7 Å². The van der Waals surface area contributed by atoms with E-state index in [2.05, 4.69) is 47.9 Å². The smallest absolute Gasteiger partial charge is 0.333 e. The number of carbonyl (C=O) groups is 1. The molecule has 1 aromatic carbocycles. The van der Waals surface area contributed by atoms with E-state index in [4.69, 9.17) is 11.7 Å². The van der Waals surface area contributed by atoms with Gasteiger partial charge in [-0.1, -0.05) is 32.1 Å². The molecule has 2 aromatic rings. The monoisotopic (exact) mass is 380 g/mol. The molecule has 0 saturated carbocycles. The maximum absolute atomic E-state index is 10.9. The molecule has 0 atom stereocenters. The third-order valence-corrected chi connectivity index (χ3v) is 4.95. The van der Waals surface area contributed by atoms with E-state index < -0.39 is 5.97 Å². The molecule has 1 aromatic heterocycles. The molecule has 5 heteroatoms. The molecule has 1 N–H and O–H groups in total. The third-order valence-electron chi connectivity index (χ3n) is 3.95. The van der Waals surface area contributed by atoms with Crippen LogP contribution in [0.1, 0.15) is 42.0 Å². The highest BCUT2D eigenvalue weighted by Gasteiger charge is 2.07. The Balaban J connectivity index is 2.08. The van der Waals surface area contributed by atoms with Crippen molar-refractivity contribution < 1.29 is 9.90 Å². The van der Waals surface area contributed by atoms with E-state index >= 15 is 0 Å². The average Bonchev–Trinajstić information content (AvgIpc) is 3.12. The zero-order chi connectivity index (χ0) is 19.6. The van der Waals surface area contributed by atoms with Crippen LogP contribution in [-0.4, -0.2) is 24.2 Å². The lowest BCUT2D eigenvalue weighted by atomic mass is 10.1. The van der Waals surface area contributed by atoms with Crippen LogP contribution < -0.4 is 4.90 Å². The minimum atomic E-state index is -1.20. The molecule has 0 fully saturated rings. The highest BCUT2D eigenvalue weighted by molar-refractivity contribution is 7.13. The second kappa shape index (κ2) is 10.3. The van der Waals surface area contributed by atoms with E-state index in [-0.39, 0.29) is 5.70 Å².